The molecule has 0 radical (unpaired) electrons. The van der Waals surface area contributed by atoms with Gasteiger partial charge in [0.25, 0.3) is 10.0 Å². The summed E-state index contributed by atoms with van der Waals surface area (Å²) in [6, 6.07) is 30.2. The average molecular weight is 669 g/mol. The molecule has 0 saturated heterocycles. The molecule has 0 aliphatic rings. The maximum Gasteiger partial charge on any atom is 0.264 e. The summed E-state index contributed by atoms with van der Waals surface area (Å²) in [5, 5.41) is 3.25. The summed E-state index contributed by atoms with van der Waals surface area (Å²) >= 11 is 9.50. The quantitative estimate of drug-likeness (QED) is 0.199. The van der Waals surface area contributed by atoms with Crippen LogP contribution in [0.3, 0.4) is 0 Å². The van der Waals surface area contributed by atoms with Gasteiger partial charge in [0.05, 0.1) is 10.6 Å². The minimum absolute atomic E-state index is 0.00773. The fourth-order valence-corrected chi connectivity index (χ4v) is 6.52. The van der Waals surface area contributed by atoms with Crippen molar-refractivity contribution in [2.45, 2.75) is 30.8 Å². The van der Waals surface area contributed by atoms with E-state index in [0.717, 1.165) is 19.9 Å². The highest BCUT2D eigenvalue weighted by molar-refractivity contribution is 9.10. The molecule has 1 atom stereocenters. The minimum Gasteiger partial charge on any atom is -0.355 e. The summed E-state index contributed by atoms with van der Waals surface area (Å²) in [5.41, 5.74) is 1.97. The van der Waals surface area contributed by atoms with Crippen LogP contribution in [0.4, 0.5) is 5.69 Å². The Hall–Kier alpha value is -3.66. The van der Waals surface area contributed by atoms with Crippen LogP contribution < -0.4 is 9.62 Å². The molecule has 0 spiro atoms. The molecule has 4 rings (SSSR count). The Morgan fingerprint density at radius 1 is 0.857 bits per heavy atom. The van der Waals surface area contributed by atoms with Gasteiger partial charge in [0, 0.05) is 29.0 Å². The van der Waals surface area contributed by atoms with Crippen LogP contribution in [0.15, 0.2) is 119 Å². The van der Waals surface area contributed by atoms with E-state index < -0.39 is 28.5 Å². The first kappa shape index (κ1) is 31.3. The van der Waals surface area contributed by atoms with Crippen molar-refractivity contribution >= 4 is 55.1 Å². The monoisotopic (exact) mass is 667 g/mol. The molecule has 0 saturated carbocycles. The number of amides is 2. The number of nitrogens with one attached hydrogen (secondary N) is 1. The topological polar surface area (TPSA) is 86.8 Å². The first-order valence-electron chi connectivity index (χ1n) is 13.4. The van der Waals surface area contributed by atoms with Crippen molar-refractivity contribution in [1.82, 2.24) is 10.2 Å². The van der Waals surface area contributed by atoms with E-state index in [0.29, 0.717) is 17.3 Å². The number of para-hydroxylation sites is 1. The normalized spacial score (nSPS) is 11.9. The summed E-state index contributed by atoms with van der Waals surface area (Å²) in [5.74, 6) is -0.847. The molecule has 0 bridgehead atoms. The lowest BCUT2D eigenvalue weighted by Gasteiger charge is -2.33. The number of rotatable bonds is 12. The van der Waals surface area contributed by atoms with Gasteiger partial charge in [-0.1, -0.05) is 88.2 Å². The number of nitrogens with zero attached hydrogens (tertiary/aromatic N) is 2. The molecule has 7 nitrogen and oxygen atoms in total. The Balaban J connectivity index is 1.78. The molecule has 0 fully saturated rings. The Bertz CT molecular complexity index is 1600. The Labute approximate surface area is 260 Å². The molecule has 0 unspecified atom stereocenters. The highest BCUT2D eigenvalue weighted by atomic mass is 79.9. The Morgan fingerprint density at radius 2 is 1.48 bits per heavy atom. The average Bonchev–Trinajstić information content (AvgIpc) is 2.99. The second-order valence-electron chi connectivity index (χ2n) is 9.55. The highest BCUT2D eigenvalue weighted by Crippen LogP contribution is 2.26. The second kappa shape index (κ2) is 14.5. The van der Waals surface area contributed by atoms with Gasteiger partial charge in [-0.3, -0.25) is 13.9 Å². The van der Waals surface area contributed by atoms with Crippen LogP contribution in [-0.2, 0) is 32.6 Å². The van der Waals surface area contributed by atoms with E-state index in [2.05, 4.69) is 21.2 Å². The zero-order chi connectivity index (χ0) is 30.1. The van der Waals surface area contributed by atoms with E-state index in [1.54, 1.807) is 30.3 Å². The summed E-state index contributed by atoms with van der Waals surface area (Å²) in [6.45, 7) is 1.77. The fourth-order valence-electron chi connectivity index (χ4n) is 4.53. The second-order valence-corrected chi connectivity index (χ2v) is 12.8. The molecule has 0 aliphatic heterocycles. The van der Waals surface area contributed by atoms with Crippen molar-refractivity contribution in [2.75, 3.05) is 17.4 Å². The number of carbonyl (C=O) groups excluding carboxylic acids is 2. The van der Waals surface area contributed by atoms with E-state index in [4.69, 9.17) is 11.6 Å². The number of anilines is 1. The summed E-state index contributed by atoms with van der Waals surface area (Å²) in [7, 11) is -4.17. The zero-order valence-corrected chi connectivity index (χ0v) is 26.1. The van der Waals surface area contributed by atoms with Crippen molar-refractivity contribution in [3.63, 3.8) is 0 Å². The number of likely N-dealkylation sites (N-methyl/N-ethyl adjacent to an activating group) is 1. The third kappa shape index (κ3) is 8.00. The maximum atomic E-state index is 14.3. The van der Waals surface area contributed by atoms with Crippen molar-refractivity contribution in [1.29, 1.82) is 0 Å². The lowest BCUT2D eigenvalue weighted by molar-refractivity contribution is -0.140. The first-order valence-corrected chi connectivity index (χ1v) is 16.0. The van der Waals surface area contributed by atoms with Crippen LogP contribution in [0.25, 0.3) is 0 Å². The van der Waals surface area contributed by atoms with Crippen molar-refractivity contribution in [2.24, 2.45) is 0 Å². The van der Waals surface area contributed by atoms with Gasteiger partial charge >= 0.3 is 0 Å². The molecule has 1 N–H and O–H groups in total. The molecule has 4 aromatic rings. The number of hydrogen-bond acceptors (Lipinski definition) is 4. The molecule has 4 aromatic carbocycles. The summed E-state index contributed by atoms with van der Waals surface area (Å²) in [6.07, 6.45) is 0.252. The number of halogens is 2. The predicted octanol–water partition coefficient (Wildman–Crippen LogP) is 6.07. The third-order valence-electron chi connectivity index (χ3n) is 6.59. The van der Waals surface area contributed by atoms with Crippen LogP contribution in [0.1, 0.15) is 18.1 Å². The Kier molecular flexibility index (Phi) is 10.8. The molecule has 0 aromatic heterocycles. The van der Waals surface area contributed by atoms with Gasteiger partial charge in [-0.2, -0.15) is 0 Å². The molecule has 2 amide bonds. The van der Waals surface area contributed by atoms with E-state index >= 15 is 0 Å². The van der Waals surface area contributed by atoms with Crippen LogP contribution in [0.2, 0.25) is 5.02 Å². The summed E-state index contributed by atoms with van der Waals surface area (Å²) < 4.78 is 29.8. The number of carbonyl (C=O) groups is 2. The van der Waals surface area contributed by atoms with Crippen LogP contribution in [0.5, 0.6) is 0 Å². The molecule has 0 heterocycles. The zero-order valence-electron chi connectivity index (χ0n) is 23.0. The van der Waals surface area contributed by atoms with Crippen LogP contribution >= 0.6 is 27.5 Å². The smallest absolute Gasteiger partial charge is 0.264 e. The van der Waals surface area contributed by atoms with Gasteiger partial charge < -0.3 is 10.2 Å². The molecular weight excluding hydrogens is 638 g/mol. The van der Waals surface area contributed by atoms with Gasteiger partial charge in [-0.05, 0) is 66.6 Å². The van der Waals surface area contributed by atoms with Gasteiger partial charge in [0.2, 0.25) is 11.8 Å². The van der Waals surface area contributed by atoms with E-state index in [1.165, 1.54) is 29.2 Å². The molecule has 42 heavy (non-hydrogen) atoms. The van der Waals surface area contributed by atoms with Gasteiger partial charge in [-0.15, -0.1) is 0 Å². The van der Waals surface area contributed by atoms with Crippen molar-refractivity contribution in [3.05, 3.63) is 130 Å². The number of benzene rings is 4. The highest BCUT2D eigenvalue weighted by Gasteiger charge is 2.34. The maximum absolute atomic E-state index is 14.3. The van der Waals surface area contributed by atoms with Crippen LogP contribution in [-0.4, -0.2) is 44.3 Å². The lowest BCUT2D eigenvalue weighted by Crippen LogP contribution is -2.53. The Morgan fingerprint density at radius 3 is 2.10 bits per heavy atom. The van der Waals surface area contributed by atoms with Crippen LogP contribution in [0, 0.1) is 0 Å². The van der Waals surface area contributed by atoms with Crippen molar-refractivity contribution in [3.8, 4) is 0 Å². The van der Waals surface area contributed by atoms with E-state index in [1.807, 2.05) is 61.5 Å². The number of sulfonamides is 1. The first-order chi connectivity index (χ1) is 20.2. The minimum atomic E-state index is -4.17. The lowest BCUT2D eigenvalue weighted by atomic mass is 10.0. The standard InChI is InChI=1S/C32H31BrClN3O4S/c1-2-35-32(39)30(21-24-10-5-3-6-11-24)36(22-25-12-9-13-26(33)20-25)31(38)23-37(28-14-7-4-8-15-28)42(40,41)29-18-16-27(34)17-19-29/h3-20,30H,2,21-23H2,1H3,(H,35,39)/t30-/m1/s1. The van der Waals surface area contributed by atoms with Gasteiger partial charge in [-0.25, -0.2) is 8.42 Å². The largest absolute Gasteiger partial charge is 0.355 e. The van der Waals surface area contributed by atoms with E-state index in [9.17, 15) is 18.0 Å². The molecule has 0 aliphatic carbocycles. The third-order valence-corrected chi connectivity index (χ3v) is 9.12. The van der Waals surface area contributed by atoms with Gasteiger partial charge in [0.1, 0.15) is 12.6 Å². The summed E-state index contributed by atoms with van der Waals surface area (Å²) in [4.78, 5) is 29.3. The van der Waals surface area contributed by atoms with E-state index in [-0.39, 0.29) is 23.8 Å². The fraction of sp³-hybridized carbons (Fsp3) is 0.188. The molecule has 218 valence electrons. The molecular formula is C32H31BrClN3O4S. The number of hydrogen-bond donors (Lipinski definition) is 1. The predicted molar refractivity (Wildman–Crippen MR) is 170 cm³/mol. The van der Waals surface area contributed by atoms with Crippen molar-refractivity contribution < 1.29 is 18.0 Å². The van der Waals surface area contributed by atoms with Gasteiger partial charge in [0.15, 0.2) is 0 Å². The molecule has 10 heteroatoms. The SMILES string of the molecule is CCNC(=O)[C@@H](Cc1ccccc1)N(Cc1cccc(Br)c1)C(=O)CN(c1ccccc1)S(=O)(=O)c1ccc(Cl)cc1.